The molecule has 1 saturated heterocycles. The largest absolute Gasteiger partial charge is 0.352 e. The number of nitrogens with zero attached hydrogens (tertiary/aromatic N) is 1. The van der Waals surface area contributed by atoms with E-state index in [0.717, 1.165) is 6.54 Å². The molecule has 0 bridgehead atoms. The highest BCUT2D eigenvalue weighted by Gasteiger charge is 2.22. The third-order valence-electron chi connectivity index (χ3n) is 3.76. The summed E-state index contributed by atoms with van der Waals surface area (Å²) in [5, 5.41) is 3.10. The first kappa shape index (κ1) is 15.4. The van der Waals surface area contributed by atoms with E-state index in [1.54, 1.807) is 0 Å². The maximum atomic E-state index is 12.1. The zero-order valence-corrected chi connectivity index (χ0v) is 12.1. The molecule has 1 aliphatic rings. The first-order valence-electron chi connectivity index (χ1n) is 7.27. The summed E-state index contributed by atoms with van der Waals surface area (Å²) < 4.78 is 0. The summed E-state index contributed by atoms with van der Waals surface area (Å²) >= 11 is 0. The van der Waals surface area contributed by atoms with Gasteiger partial charge in [0, 0.05) is 19.1 Å². The monoisotopic (exact) mass is 255 g/mol. The lowest BCUT2D eigenvalue weighted by molar-refractivity contribution is -0.126. The van der Waals surface area contributed by atoms with Gasteiger partial charge in [-0.25, -0.2) is 0 Å². The molecule has 0 spiro atoms. The molecular formula is C14H29N3O. The van der Waals surface area contributed by atoms with Crippen molar-refractivity contribution >= 4 is 5.91 Å². The number of carbonyl (C=O) groups excluding carboxylic acids is 1. The minimum Gasteiger partial charge on any atom is -0.352 e. The predicted octanol–water partition coefficient (Wildman–Crippen LogP) is 1.21. The van der Waals surface area contributed by atoms with Crippen LogP contribution in [0.1, 0.15) is 40.0 Å². The van der Waals surface area contributed by atoms with E-state index in [9.17, 15) is 4.79 Å². The van der Waals surface area contributed by atoms with Crippen molar-refractivity contribution in [1.82, 2.24) is 10.2 Å². The van der Waals surface area contributed by atoms with Crippen LogP contribution in [-0.2, 0) is 4.79 Å². The van der Waals surface area contributed by atoms with E-state index in [4.69, 9.17) is 5.73 Å². The van der Waals surface area contributed by atoms with Gasteiger partial charge in [0.2, 0.25) is 5.91 Å². The van der Waals surface area contributed by atoms with Crippen LogP contribution < -0.4 is 11.1 Å². The van der Waals surface area contributed by atoms with Gasteiger partial charge in [0.1, 0.15) is 0 Å². The molecule has 0 radical (unpaired) electrons. The van der Waals surface area contributed by atoms with E-state index < -0.39 is 0 Å². The third kappa shape index (κ3) is 4.94. The summed E-state index contributed by atoms with van der Waals surface area (Å²) in [5.41, 5.74) is 5.66. The molecule has 0 aromatic carbocycles. The quantitative estimate of drug-likeness (QED) is 0.750. The standard InChI is InChI=1S/C14H29N3O/c1-11(2)13(9-15)14(18)16-12(3)10-17-7-5-4-6-8-17/h11-13H,4-10,15H2,1-3H3,(H,16,18). The van der Waals surface area contributed by atoms with Crippen LogP contribution in [0.4, 0.5) is 0 Å². The Morgan fingerprint density at radius 3 is 2.33 bits per heavy atom. The fourth-order valence-electron chi connectivity index (χ4n) is 2.61. The first-order valence-corrected chi connectivity index (χ1v) is 7.27. The van der Waals surface area contributed by atoms with Crippen LogP contribution in [0.5, 0.6) is 0 Å². The molecule has 18 heavy (non-hydrogen) atoms. The second-order valence-corrected chi connectivity index (χ2v) is 5.86. The number of piperidine rings is 1. The molecule has 3 N–H and O–H groups in total. The van der Waals surface area contributed by atoms with Gasteiger partial charge in [-0.15, -0.1) is 0 Å². The Bertz CT molecular complexity index is 249. The van der Waals surface area contributed by atoms with Crippen molar-refractivity contribution in [3.8, 4) is 0 Å². The van der Waals surface area contributed by atoms with E-state index in [1.165, 1.54) is 32.4 Å². The molecule has 0 aromatic rings. The molecular weight excluding hydrogens is 226 g/mol. The molecule has 2 atom stereocenters. The van der Waals surface area contributed by atoms with Gasteiger partial charge in [-0.2, -0.15) is 0 Å². The highest BCUT2D eigenvalue weighted by atomic mass is 16.2. The van der Waals surface area contributed by atoms with Crippen molar-refractivity contribution in [2.45, 2.75) is 46.1 Å². The number of likely N-dealkylation sites (tertiary alicyclic amines) is 1. The van der Waals surface area contributed by atoms with Crippen LogP contribution in [0.15, 0.2) is 0 Å². The van der Waals surface area contributed by atoms with Gasteiger partial charge >= 0.3 is 0 Å². The van der Waals surface area contributed by atoms with Crippen molar-refractivity contribution in [1.29, 1.82) is 0 Å². The molecule has 1 amide bonds. The Balaban J connectivity index is 2.33. The molecule has 0 aliphatic carbocycles. The van der Waals surface area contributed by atoms with Gasteiger partial charge in [0.05, 0.1) is 5.92 Å². The van der Waals surface area contributed by atoms with Gasteiger partial charge in [0.15, 0.2) is 0 Å². The van der Waals surface area contributed by atoms with Crippen LogP contribution in [0.2, 0.25) is 0 Å². The number of hydrogen-bond acceptors (Lipinski definition) is 3. The smallest absolute Gasteiger partial charge is 0.224 e. The van der Waals surface area contributed by atoms with E-state index in [-0.39, 0.29) is 17.9 Å². The molecule has 1 fully saturated rings. The molecule has 4 heteroatoms. The van der Waals surface area contributed by atoms with Gasteiger partial charge in [-0.1, -0.05) is 20.3 Å². The van der Waals surface area contributed by atoms with Crippen molar-refractivity contribution in [3.63, 3.8) is 0 Å². The molecule has 0 aromatic heterocycles. The second-order valence-electron chi connectivity index (χ2n) is 5.86. The van der Waals surface area contributed by atoms with Gasteiger partial charge in [-0.3, -0.25) is 4.79 Å². The predicted molar refractivity (Wildman–Crippen MR) is 75.3 cm³/mol. The minimum absolute atomic E-state index is 0.0613. The van der Waals surface area contributed by atoms with E-state index in [2.05, 4.69) is 17.1 Å². The van der Waals surface area contributed by atoms with E-state index >= 15 is 0 Å². The lowest BCUT2D eigenvalue weighted by atomic mass is 9.95. The lowest BCUT2D eigenvalue weighted by Crippen LogP contribution is -2.47. The lowest BCUT2D eigenvalue weighted by Gasteiger charge is -2.30. The SMILES string of the molecule is CC(CN1CCCCC1)NC(=O)C(CN)C(C)C. The summed E-state index contributed by atoms with van der Waals surface area (Å²) in [4.78, 5) is 14.5. The number of rotatable bonds is 6. The summed E-state index contributed by atoms with van der Waals surface area (Å²) in [7, 11) is 0. The number of nitrogens with two attached hydrogens (primary N) is 1. The van der Waals surface area contributed by atoms with Crippen LogP contribution >= 0.6 is 0 Å². The zero-order valence-electron chi connectivity index (χ0n) is 12.1. The second kappa shape index (κ2) is 7.74. The van der Waals surface area contributed by atoms with Gasteiger partial charge in [0.25, 0.3) is 0 Å². The average Bonchev–Trinajstić information content (AvgIpc) is 2.30. The van der Waals surface area contributed by atoms with Gasteiger partial charge < -0.3 is 16.0 Å². The zero-order chi connectivity index (χ0) is 13.5. The fourth-order valence-corrected chi connectivity index (χ4v) is 2.61. The minimum atomic E-state index is -0.0613. The van der Waals surface area contributed by atoms with Crippen LogP contribution in [-0.4, -0.2) is 43.0 Å². The normalized spacial score (nSPS) is 20.7. The molecule has 1 aliphatic heterocycles. The van der Waals surface area contributed by atoms with Crippen LogP contribution in [0.25, 0.3) is 0 Å². The molecule has 4 nitrogen and oxygen atoms in total. The maximum Gasteiger partial charge on any atom is 0.224 e. The summed E-state index contributed by atoms with van der Waals surface area (Å²) in [6.07, 6.45) is 3.93. The van der Waals surface area contributed by atoms with Crippen molar-refractivity contribution in [2.75, 3.05) is 26.2 Å². The fraction of sp³-hybridized carbons (Fsp3) is 0.929. The molecule has 2 unspecified atom stereocenters. The van der Waals surface area contributed by atoms with E-state index in [1.807, 2.05) is 13.8 Å². The average molecular weight is 255 g/mol. The number of carbonyl (C=O) groups is 1. The first-order chi connectivity index (χ1) is 8.54. The highest BCUT2D eigenvalue weighted by molar-refractivity contribution is 5.79. The summed E-state index contributed by atoms with van der Waals surface area (Å²) in [5.74, 6) is 0.350. The molecule has 106 valence electrons. The Labute approximate surface area is 111 Å². The molecule has 0 saturated carbocycles. The molecule has 1 rings (SSSR count). The van der Waals surface area contributed by atoms with Crippen molar-refractivity contribution in [2.24, 2.45) is 17.6 Å². The number of amides is 1. The Morgan fingerprint density at radius 1 is 1.22 bits per heavy atom. The van der Waals surface area contributed by atoms with Crippen LogP contribution in [0.3, 0.4) is 0 Å². The Hall–Kier alpha value is -0.610. The van der Waals surface area contributed by atoms with Crippen molar-refractivity contribution < 1.29 is 4.79 Å². The molecule has 1 heterocycles. The number of hydrogen-bond donors (Lipinski definition) is 2. The van der Waals surface area contributed by atoms with Crippen LogP contribution in [0, 0.1) is 11.8 Å². The summed E-state index contributed by atoms with van der Waals surface area (Å²) in [6, 6.07) is 0.211. The van der Waals surface area contributed by atoms with Gasteiger partial charge in [-0.05, 0) is 38.8 Å². The maximum absolute atomic E-state index is 12.1. The Kier molecular flexibility index (Phi) is 6.65. The third-order valence-corrected chi connectivity index (χ3v) is 3.76. The summed E-state index contributed by atoms with van der Waals surface area (Å²) in [6.45, 7) is 9.91. The number of nitrogens with one attached hydrogen (secondary N) is 1. The van der Waals surface area contributed by atoms with Crippen molar-refractivity contribution in [3.05, 3.63) is 0 Å². The topological polar surface area (TPSA) is 58.4 Å². The van der Waals surface area contributed by atoms with E-state index in [0.29, 0.717) is 12.5 Å². The highest BCUT2D eigenvalue weighted by Crippen LogP contribution is 2.11. The Morgan fingerprint density at radius 2 is 1.83 bits per heavy atom.